The van der Waals surface area contributed by atoms with Crippen LogP contribution in [0.25, 0.3) is 0 Å². The smallest absolute Gasteiger partial charge is 0.124 e. The molecule has 0 aromatic carbocycles. The predicted molar refractivity (Wildman–Crippen MR) is 55.3 cm³/mol. The zero-order valence-corrected chi connectivity index (χ0v) is 9.04. The molecule has 0 unspecified atom stereocenters. The summed E-state index contributed by atoms with van der Waals surface area (Å²) in [4.78, 5) is 4.27. The summed E-state index contributed by atoms with van der Waals surface area (Å²) >= 11 is 2.21. The van der Waals surface area contributed by atoms with Gasteiger partial charge in [-0.1, -0.05) is 0 Å². The lowest BCUT2D eigenvalue weighted by molar-refractivity contribution is 0.302. The first-order chi connectivity index (χ1) is 5.74. The number of rotatable bonds is 2. The van der Waals surface area contributed by atoms with E-state index in [1.807, 2.05) is 19.1 Å². The first kappa shape index (κ1) is 8.29. The van der Waals surface area contributed by atoms with Crippen LogP contribution in [0.5, 0.6) is 5.75 Å². The second-order valence-corrected chi connectivity index (χ2v) is 4.19. The third kappa shape index (κ3) is 2.09. The maximum atomic E-state index is 5.64. The Labute approximate surface area is 85.5 Å². The Hall–Kier alpha value is -0.320. The monoisotopic (exact) mass is 275 g/mol. The zero-order chi connectivity index (χ0) is 8.55. The molecule has 1 saturated carbocycles. The Kier molecular flexibility index (Phi) is 2.21. The summed E-state index contributed by atoms with van der Waals surface area (Å²) in [6.07, 6.45) is 2.89. The Bertz CT molecular complexity index is 276. The average molecular weight is 275 g/mol. The Morgan fingerprint density at radius 3 is 2.83 bits per heavy atom. The van der Waals surface area contributed by atoms with Gasteiger partial charge in [0.05, 0.1) is 6.10 Å². The number of aromatic nitrogens is 1. The molecule has 0 bridgehead atoms. The molecule has 2 nitrogen and oxygen atoms in total. The SMILES string of the molecule is Cc1cc(OC2CC2)cc(I)n1. The summed E-state index contributed by atoms with van der Waals surface area (Å²) in [5, 5.41) is 0. The molecule has 1 aliphatic rings. The number of pyridine rings is 1. The molecule has 0 amide bonds. The summed E-state index contributed by atoms with van der Waals surface area (Å²) in [6.45, 7) is 1.99. The number of halogens is 1. The van der Waals surface area contributed by atoms with Crippen molar-refractivity contribution >= 4 is 22.6 Å². The van der Waals surface area contributed by atoms with E-state index in [1.54, 1.807) is 0 Å². The largest absolute Gasteiger partial charge is 0.490 e. The molecule has 0 N–H and O–H groups in total. The van der Waals surface area contributed by atoms with Crippen molar-refractivity contribution in [2.24, 2.45) is 0 Å². The molecule has 0 radical (unpaired) electrons. The minimum Gasteiger partial charge on any atom is -0.490 e. The molecule has 1 aromatic heterocycles. The van der Waals surface area contributed by atoms with E-state index in [0.29, 0.717) is 6.10 Å². The van der Waals surface area contributed by atoms with Crippen molar-refractivity contribution in [3.63, 3.8) is 0 Å². The number of aryl methyl sites for hydroxylation is 1. The Balaban J connectivity index is 2.18. The molecule has 1 aliphatic carbocycles. The van der Waals surface area contributed by atoms with Gasteiger partial charge in [-0.15, -0.1) is 0 Å². The van der Waals surface area contributed by atoms with Crippen LogP contribution >= 0.6 is 22.6 Å². The van der Waals surface area contributed by atoms with Gasteiger partial charge >= 0.3 is 0 Å². The van der Waals surface area contributed by atoms with Crippen molar-refractivity contribution < 1.29 is 4.74 Å². The molecule has 0 aliphatic heterocycles. The van der Waals surface area contributed by atoms with E-state index < -0.39 is 0 Å². The van der Waals surface area contributed by atoms with Crippen LogP contribution in [0.1, 0.15) is 18.5 Å². The summed E-state index contributed by atoms with van der Waals surface area (Å²) in [5.74, 6) is 0.967. The second kappa shape index (κ2) is 3.20. The molecule has 64 valence electrons. The fraction of sp³-hybridized carbons (Fsp3) is 0.444. The van der Waals surface area contributed by atoms with Gasteiger partial charge in [-0.05, 0) is 42.4 Å². The first-order valence-electron chi connectivity index (χ1n) is 4.05. The Morgan fingerprint density at radius 2 is 2.25 bits per heavy atom. The van der Waals surface area contributed by atoms with E-state index in [0.717, 1.165) is 15.1 Å². The van der Waals surface area contributed by atoms with E-state index >= 15 is 0 Å². The maximum absolute atomic E-state index is 5.64. The third-order valence-corrected chi connectivity index (χ3v) is 2.28. The lowest BCUT2D eigenvalue weighted by Crippen LogP contribution is -1.97. The van der Waals surface area contributed by atoms with Gasteiger partial charge in [0.2, 0.25) is 0 Å². The van der Waals surface area contributed by atoms with E-state index in [1.165, 1.54) is 12.8 Å². The highest BCUT2D eigenvalue weighted by Crippen LogP contribution is 2.27. The maximum Gasteiger partial charge on any atom is 0.124 e. The van der Waals surface area contributed by atoms with Crippen LogP contribution in [0.2, 0.25) is 0 Å². The van der Waals surface area contributed by atoms with Gasteiger partial charge < -0.3 is 4.74 Å². The molecule has 0 atom stereocenters. The standard InChI is InChI=1S/C9H10INO/c1-6-4-8(5-9(10)11-6)12-7-2-3-7/h4-5,7H,2-3H2,1H3. The van der Waals surface area contributed by atoms with Crippen molar-refractivity contribution in [1.82, 2.24) is 4.98 Å². The summed E-state index contributed by atoms with van der Waals surface area (Å²) in [5.41, 5.74) is 1.03. The Morgan fingerprint density at radius 1 is 1.50 bits per heavy atom. The van der Waals surface area contributed by atoms with Crippen molar-refractivity contribution in [2.75, 3.05) is 0 Å². The number of nitrogens with zero attached hydrogens (tertiary/aromatic N) is 1. The van der Waals surface area contributed by atoms with E-state index in [9.17, 15) is 0 Å². The van der Waals surface area contributed by atoms with Crippen LogP contribution in [-0.2, 0) is 0 Å². The minimum atomic E-state index is 0.475. The van der Waals surface area contributed by atoms with Crippen LogP contribution < -0.4 is 4.74 Å². The van der Waals surface area contributed by atoms with Gasteiger partial charge in [0.25, 0.3) is 0 Å². The van der Waals surface area contributed by atoms with Gasteiger partial charge in [-0.3, -0.25) is 0 Å². The molecule has 2 rings (SSSR count). The van der Waals surface area contributed by atoms with Crippen molar-refractivity contribution in [1.29, 1.82) is 0 Å². The first-order valence-corrected chi connectivity index (χ1v) is 5.13. The molecule has 0 spiro atoms. The molecular formula is C9H10INO. The third-order valence-electron chi connectivity index (χ3n) is 1.72. The van der Waals surface area contributed by atoms with E-state index in [2.05, 4.69) is 27.6 Å². The fourth-order valence-corrected chi connectivity index (χ4v) is 1.73. The quantitative estimate of drug-likeness (QED) is 0.611. The molecule has 1 heterocycles. The highest BCUT2D eigenvalue weighted by molar-refractivity contribution is 14.1. The minimum absolute atomic E-state index is 0.475. The van der Waals surface area contributed by atoms with Crippen molar-refractivity contribution in [3.8, 4) is 5.75 Å². The molecule has 1 fully saturated rings. The normalized spacial score (nSPS) is 16.2. The highest BCUT2D eigenvalue weighted by Gasteiger charge is 2.23. The van der Waals surface area contributed by atoms with Crippen molar-refractivity contribution in [2.45, 2.75) is 25.9 Å². The highest BCUT2D eigenvalue weighted by atomic mass is 127. The van der Waals surface area contributed by atoms with Gasteiger partial charge in [0.15, 0.2) is 0 Å². The summed E-state index contributed by atoms with van der Waals surface area (Å²) < 4.78 is 6.65. The van der Waals surface area contributed by atoms with Gasteiger partial charge in [0.1, 0.15) is 9.45 Å². The molecule has 0 saturated heterocycles. The van der Waals surface area contributed by atoms with Crippen LogP contribution in [0.4, 0.5) is 0 Å². The summed E-state index contributed by atoms with van der Waals surface area (Å²) in [6, 6.07) is 3.96. The summed E-state index contributed by atoms with van der Waals surface area (Å²) in [7, 11) is 0. The van der Waals surface area contributed by atoms with E-state index in [4.69, 9.17) is 4.74 Å². The molecule has 3 heteroatoms. The molecule has 12 heavy (non-hydrogen) atoms. The van der Waals surface area contributed by atoms with Crippen LogP contribution in [0.15, 0.2) is 12.1 Å². The van der Waals surface area contributed by atoms with Crippen molar-refractivity contribution in [3.05, 3.63) is 21.5 Å². The topological polar surface area (TPSA) is 22.1 Å². The number of hydrogen-bond acceptors (Lipinski definition) is 2. The van der Waals surface area contributed by atoms with Crippen LogP contribution in [0, 0.1) is 10.6 Å². The van der Waals surface area contributed by atoms with Gasteiger partial charge in [-0.25, -0.2) is 4.98 Å². The average Bonchev–Trinajstić information content (AvgIpc) is 2.68. The number of ether oxygens (including phenoxy) is 1. The van der Waals surface area contributed by atoms with Gasteiger partial charge in [-0.2, -0.15) is 0 Å². The second-order valence-electron chi connectivity index (χ2n) is 3.08. The van der Waals surface area contributed by atoms with Crippen LogP contribution in [0.3, 0.4) is 0 Å². The van der Waals surface area contributed by atoms with E-state index in [-0.39, 0.29) is 0 Å². The zero-order valence-electron chi connectivity index (χ0n) is 6.88. The predicted octanol–water partition coefficient (Wildman–Crippen LogP) is 2.54. The fourth-order valence-electron chi connectivity index (χ4n) is 1.04. The lowest BCUT2D eigenvalue weighted by Gasteiger charge is -2.04. The molecule has 1 aromatic rings. The number of hydrogen-bond donors (Lipinski definition) is 0. The lowest BCUT2D eigenvalue weighted by atomic mass is 10.3. The molecular weight excluding hydrogens is 265 g/mol. The van der Waals surface area contributed by atoms with Gasteiger partial charge in [0, 0.05) is 17.8 Å². The van der Waals surface area contributed by atoms with Crippen LogP contribution in [-0.4, -0.2) is 11.1 Å².